The minimum Gasteiger partial charge on any atom is -0.495 e. The SMILES string of the molecule is COc1ccccc1N1CCN(C(=O)CNC(=O)C2CCC2)CC1. The second-order valence-corrected chi connectivity index (χ2v) is 6.39. The summed E-state index contributed by atoms with van der Waals surface area (Å²) in [5.74, 6) is 1.01. The van der Waals surface area contributed by atoms with Gasteiger partial charge in [0.15, 0.2) is 0 Å². The van der Waals surface area contributed by atoms with E-state index in [0.29, 0.717) is 13.1 Å². The highest BCUT2D eigenvalue weighted by molar-refractivity contribution is 5.86. The first-order valence-corrected chi connectivity index (χ1v) is 8.62. The first-order chi connectivity index (χ1) is 11.7. The van der Waals surface area contributed by atoms with Crippen molar-refractivity contribution < 1.29 is 14.3 Å². The molecule has 0 atom stereocenters. The zero-order chi connectivity index (χ0) is 16.9. The maximum Gasteiger partial charge on any atom is 0.242 e. The molecule has 1 heterocycles. The third-order valence-electron chi connectivity index (χ3n) is 4.95. The fourth-order valence-corrected chi connectivity index (χ4v) is 3.18. The molecule has 0 bridgehead atoms. The number of nitrogens with one attached hydrogen (secondary N) is 1. The predicted octanol–water partition coefficient (Wildman–Crippen LogP) is 1.26. The standard InChI is InChI=1S/C18H25N3O3/c1-24-16-8-3-2-7-15(16)20-9-11-21(12-10-20)17(22)13-19-18(23)14-5-4-6-14/h2-3,7-8,14H,4-6,9-13H2,1H3,(H,19,23). The molecule has 3 rings (SSSR count). The maximum atomic E-state index is 12.3. The zero-order valence-electron chi connectivity index (χ0n) is 14.2. The number of carbonyl (C=O) groups excluding carboxylic acids is 2. The van der Waals surface area contributed by atoms with Crippen LogP contribution in [-0.4, -0.2) is 56.5 Å². The van der Waals surface area contributed by atoms with Crippen molar-refractivity contribution in [2.24, 2.45) is 5.92 Å². The number of rotatable bonds is 5. The van der Waals surface area contributed by atoms with E-state index in [4.69, 9.17) is 4.74 Å². The lowest BCUT2D eigenvalue weighted by atomic mass is 9.85. The van der Waals surface area contributed by atoms with Crippen LogP contribution in [0.1, 0.15) is 19.3 Å². The Bertz CT molecular complexity index is 593. The number of anilines is 1. The van der Waals surface area contributed by atoms with Gasteiger partial charge in [-0.15, -0.1) is 0 Å². The van der Waals surface area contributed by atoms with E-state index in [1.54, 1.807) is 7.11 Å². The number of para-hydroxylation sites is 2. The molecule has 0 radical (unpaired) electrons. The Kier molecular flexibility index (Phi) is 5.23. The summed E-state index contributed by atoms with van der Waals surface area (Å²) < 4.78 is 5.41. The first-order valence-electron chi connectivity index (χ1n) is 8.62. The molecular weight excluding hydrogens is 306 g/mol. The Morgan fingerprint density at radius 1 is 1.17 bits per heavy atom. The summed E-state index contributed by atoms with van der Waals surface area (Å²) in [4.78, 5) is 28.1. The molecule has 1 aromatic carbocycles. The van der Waals surface area contributed by atoms with Crippen LogP contribution in [0.15, 0.2) is 24.3 Å². The monoisotopic (exact) mass is 331 g/mol. The van der Waals surface area contributed by atoms with Crippen molar-refractivity contribution in [3.63, 3.8) is 0 Å². The number of ether oxygens (including phenoxy) is 1. The van der Waals surface area contributed by atoms with E-state index in [1.165, 1.54) is 0 Å². The topological polar surface area (TPSA) is 61.9 Å². The van der Waals surface area contributed by atoms with Crippen molar-refractivity contribution in [2.45, 2.75) is 19.3 Å². The van der Waals surface area contributed by atoms with Crippen LogP contribution in [0.4, 0.5) is 5.69 Å². The Morgan fingerprint density at radius 2 is 1.88 bits per heavy atom. The van der Waals surface area contributed by atoms with Crippen molar-refractivity contribution in [2.75, 3.05) is 44.7 Å². The van der Waals surface area contributed by atoms with Gasteiger partial charge in [0.2, 0.25) is 11.8 Å². The number of hydrogen-bond acceptors (Lipinski definition) is 4. The summed E-state index contributed by atoms with van der Waals surface area (Å²) in [6.07, 6.45) is 3.03. The van der Waals surface area contributed by atoms with Crippen LogP contribution in [-0.2, 0) is 9.59 Å². The predicted molar refractivity (Wildman–Crippen MR) is 92.1 cm³/mol. The van der Waals surface area contributed by atoms with Crippen molar-refractivity contribution in [1.29, 1.82) is 0 Å². The molecule has 1 aliphatic carbocycles. The highest BCUT2D eigenvalue weighted by Gasteiger charge is 2.27. The third kappa shape index (κ3) is 3.63. The fraction of sp³-hybridized carbons (Fsp3) is 0.556. The molecule has 0 spiro atoms. The van der Waals surface area contributed by atoms with E-state index >= 15 is 0 Å². The van der Waals surface area contributed by atoms with E-state index in [9.17, 15) is 9.59 Å². The average Bonchev–Trinajstić information content (AvgIpc) is 2.58. The van der Waals surface area contributed by atoms with Gasteiger partial charge >= 0.3 is 0 Å². The van der Waals surface area contributed by atoms with E-state index in [-0.39, 0.29) is 24.3 Å². The summed E-state index contributed by atoms with van der Waals surface area (Å²) in [7, 11) is 1.67. The maximum absolute atomic E-state index is 12.3. The van der Waals surface area contributed by atoms with Gasteiger partial charge in [0.05, 0.1) is 19.3 Å². The average molecular weight is 331 g/mol. The van der Waals surface area contributed by atoms with Gasteiger partial charge in [0.1, 0.15) is 5.75 Å². The summed E-state index contributed by atoms with van der Waals surface area (Å²) >= 11 is 0. The number of hydrogen-bond donors (Lipinski definition) is 1. The molecule has 6 heteroatoms. The molecule has 1 aliphatic heterocycles. The first kappa shape index (κ1) is 16.6. The lowest BCUT2D eigenvalue weighted by Crippen LogP contribution is -2.51. The molecule has 0 unspecified atom stereocenters. The lowest BCUT2D eigenvalue weighted by Gasteiger charge is -2.36. The normalized spacial score (nSPS) is 18.0. The van der Waals surface area contributed by atoms with Gasteiger partial charge in [0.25, 0.3) is 0 Å². The number of carbonyl (C=O) groups is 2. The Morgan fingerprint density at radius 3 is 2.50 bits per heavy atom. The quantitative estimate of drug-likeness (QED) is 0.882. The van der Waals surface area contributed by atoms with Gasteiger partial charge in [-0.25, -0.2) is 0 Å². The van der Waals surface area contributed by atoms with Crippen LogP contribution in [0.5, 0.6) is 5.75 Å². The van der Waals surface area contributed by atoms with E-state index in [2.05, 4.69) is 10.2 Å². The number of piperazine rings is 1. The van der Waals surface area contributed by atoms with Crippen LogP contribution in [0.3, 0.4) is 0 Å². The van der Waals surface area contributed by atoms with E-state index < -0.39 is 0 Å². The number of amides is 2. The summed E-state index contributed by atoms with van der Waals surface area (Å²) in [6, 6.07) is 7.93. The largest absolute Gasteiger partial charge is 0.495 e. The molecule has 2 amide bonds. The third-order valence-corrected chi connectivity index (χ3v) is 4.95. The van der Waals surface area contributed by atoms with Crippen molar-refractivity contribution in [3.05, 3.63) is 24.3 Å². The Labute approximate surface area is 142 Å². The van der Waals surface area contributed by atoms with Crippen LogP contribution in [0, 0.1) is 5.92 Å². The lowest BCUT2D eigenvalue weighted by molar-refractivity contribution is -0.135. The Balaban J connectivity index is 1.47. The van der Waals surface area contributed by atoms with Gasteiger partial charge in [0, 0.05) is 32.1 Å². The van der Waals surface area contributed by atoms with Gasteiger partial charge in [-0.2, -0.15) is 0 Å². The summed E-state index contributed by atoms with van der Waals surface area (Å²) in [5, 5.41) is 2.78. The second-order valence-electron chi connectivity index (χ2n) is 6.39. The smallest absolute Gasteiger partial charge is 0.242 e. The highest BCUT2D eigenvalue weighted by Crippen LogP contribution is 2.28. The number of methoxy groups -OCH3 is 1. The molecule has 0 aromatic heterocycles. The Hall–Kier alpha value is -2.24. The van der Waals surface area contributed by atoms with Crippen molar-refractivity contribution in [3.8, 4) is 5.75 Å². The molecule has 1 aromatic rings. The van der Waals surface area contributed by atoms with Gasteiger partial charge in [-0.1, -0.05) is 18.6 Å². The molecule has 2 aliphatic rings. The number of nitrogens with zero attached hydrogens (tertiary/aromatic N) is 2. The van der Waals surface area contributed by atoms with Crippen LogP contribution >= 0.6 is 0 Å². The highest BCUT2D eigenvalue weighted by atomic mass is 16.5. The van der Waals surface area contributed by atoms with Gasteiger partial charge in [-0.3, -0.25) is 9.59 Å². The van der Waals surface area contributed by atoms with Crippen molar-refractivity contribution in [1.82, 2.24) is 10.2 Å². The van der Waals surface area contributed by atoms with Crippen molar-refractivity contribution >= 4 is 17.5 Å². The number of benzene rings is 1. The molecule has 2 fully saturated rings. The molecular formula is C18H25N3O3. The molecule has 24 heavy (non-hydrogen) atoms. The van der Waals surface area contributed by atoms with Gasteiger partial charge in [-0.05, 0) is 25.0 Å². The molecule has 1 N–H and O–H groups in total. The van der Waals surface area contributed by atoms with Gasteiger partial charge < -0.3 is 19.9 Å². The van der Waals surface area contributed by atoms with Crippen LogP contribution < -0.4 is 15.0 Å². The minimum atomic E-state index is 0.00218. The molecule has 1 saturated carbocycles. The summed E-state index contributed by atoms with van der Waals surface area (Å²) in [5.41, 5.74) is 1.06. The van der Waals surface area contributed by atoms with E-state index in [1.807, 2.05) is 29.2 Å². The van der Waals surface area contributed by atoms with Crippen LogP contribution in [0.25, 0.3) is 0 Å². The second kappa shape index (κ2) is 7.55. The summed E-state index contributed by atoms with van der Waals surface area (Å²) in [6.45, 7) is 2.97. The minimum absolute atomic E-state index is 0.00218. The molecule has 130 valence electrons. The fourth-order valence-electron chi connectivity index (χ4n) is 3.18. The molecule has 6 nitrogen and oxygen atoms in total. The molecule has 1 saturated heterocycles. The van der Waals surface area contributed by atoms with E-state index in [0.717, 1.165) is 43.8 Å². The van der Waals surface area contributed by atoms with Crippen LogP contribution in [0.2, 0.25) is 0 Å². The zero-order valence-corrected chi connectivity index (χ0v) is 14.2.